The minimum Gasteiger partial charge on any atom is -0.463 e. The Morgan fingerprint density at radius 2 is 2.29 bits per heavy atom. The van der Waals surface area contributed by atoms with E-state index in [4.69, 9.17) is 16.3 Å². The Hall–Kier alpha value is -1.35. The fourth-order valence-electron chi connectivity index (χ4n) is 1.83. The number of hydrogen-bond donors (Lipinski definition) is 0. The molecular formula is C13H14ClNO2. The van der Waals surface area contributed by atoms with Gasteiger partial charge in [-0.25, -0.2) is 0 Å². The van der Waals surface area contributed by atoms with Crippen molar-refractivity contribution in [2.24, 2.45) is 4.99 Å². The third-order valence-electron chi connectivity index (χ3n) is 2.50. The average molecular weight is 252 g/mol. The molecule has 90 valence electrons. The van der Waals surface area contributed by atoms with E-state index >= 15 is 0 Å². The number of rotatable bonds is 3. The van der Waals surface area contributed by atoms with Crippen LogP contribution in [0.15, 0.2) is 23.2 Å². The zero-order chi connectivity index (χ0) is 12.4. The number of halogens is 1. The number of ether oxygens (including phenoxy) is 1. The molecule has 1 aromatic rings. The van der Waals surface area contributed by atoms with Crippen LogP contribution in [0.1, 0.15) is 31.4 Å². The number of fused-ring (bicyclic) bond motifs is 1. The molecule has 0 spiro atoms. The molecule has 1 aliphatic rings. The van der Waals surface area contributed by atoms with Gasteiger partial charge in [0.2, 0.25) is 0 Å². The van der Waals surface area contributed by atoms with Crippen molar-refractivity contribution in [3.05, 3.63) is 34.3 Å². The van der Waals surface area contributed by atoms with Crippen LogP contribution in [0.3, 0.4) is 0 Å². The molecule has 2 rings (SSSR count). The molecule has 0 radical (unpaired) electrons. The van der Waals surface area contributed by atoms with Crippen molar-refractivity contribution in [3.8, 4) is 0 Å². The molecule has 0 saturated heterocycles. The van der Waals surface area contributed by atoms with Gasteiger partial charge in [0.1, 0.15) is 0 Å². The van der Waals surface area contributed by atoms with Gasteiger partial charge >= 0.3 is 5.97 Å². The fraction of sp³-hybridized carbons (Fsp3) is 0.385. The lowest BCUT2D eigenvalue weighted by Crippen LogP contribution is -2.15. The lowest BCUT2D eigenvalue weighted by atomic mass is 10.0. The number of carbonyl (C=O) groups excluding carboxylic acids is 1. The first-order valence-electron chi connectivity index (χ1n) is 5.58. The minimum atomic E-state index is -0.235. The van der Waals surface area contributed by atoms with E-state index < -0.39 is 0 Å². The van der Waals surface area contributed by atoms with E-state index in [-0.39, 0.29) is 18.5 Å². The van der Waals surface area contributed by atoms with Gasteiger partial charge in [-0.1, -0.05) is 17.7 Å². The van der Waals surface area contributed by atoms with Crippen LogP contribution in [0.25, 0.3) is 0 Å². The van der Waals surface area contributed by atoms with E-state index in [1.807, 2.05) is 32.0 Å². The van der Waals surface area contributed by atoms with Gasteiger partial charge in [0.05, 0.1) is 24.8 Å². The molecule has 0 N–H and O–H groups in total. The monoisotopic (exact) mass is 251 g/mol. The van der Waals surface area contributed by atoms with Crippen LogP contribution in [-0.4, -0.2) is 17.8 Å². The Morgan fingerprint density at radius 3 is 3.00 bits per heavy atom. The Balaban J connectivity index is 2.09. The fourth-order valence-corrected chi connectivity index (χ4v) is 2.03. The van der Waals surface area contributed by atoms with Crippen molar-refractivity contribution < 1.29 is 9.53 Å². The second-order valence-corrected chi connectivity index (χ2v) is 4.72. The van der Waals surface area contributed by atoms with Crippen LogP contribution in [0.5, 0.6) is 0 Å². The van der Waals surface area contributed by atoms with Crippen LogP contribution in [0.4, 0.5) is 0 Å². The summed E-state index contributed by atoms with van der Waals surface area (Å²) in [5.74, 6) is -0.235. The van der Waals surface area contributed by atoms with Crippen LogP contribution in [-0.2, 0) is 16.1 Å². The summed E-state index contributed by atoms with van der Waals surface area (Å²) in [6.07, 6.45) is 0.140. The first-order chi connectivity index (χ1) is 8.06. The second kappa shape index (κ2) is 4.88. The van der Waals surface area contributed by atoms with Crippen LogP contribution >= 0.6 is 11.6 Å². The summed E-state index contributed by atoms with van der Waals surface area (Å²) in [6, 6.07) is 5.61. The van der Waals surface area contributed by atoms with Gasteiger partial charge in [-0.2, -0.15) is 0 Å². The van der Waals surface area contributed by atoms with Gasteiger partial charge in [0.15, 0.2) is 0 Å². The van der Waals surface area contributed by atoms with E-state index in [1.165, 1.54) is 0 Å². The largest absolute Gasteiger partial charge is 0.463 e. The summed E-state index contributed by atoms with van der Waals surface area (Å²) in [7, 11) is 0. The van der Waals surface area contributed by atoms with Crippen molar-refractivity contribution in [2.75, 3.05) is 0 Å². The van der Waals surface area contributed by atoms with Gasteiger partial charge in [-0.05, 0) is 31.5 Å². The molecule has 4 heteroatoms. The summed E-state index contributed by atoms with van der Waals surface area (Å²) >= 11 is 5.90. The molecular weight excluding hydrogens is 238 g/mol. The number of benzene rings is 1. The summed E-state index contributed by atoms with van der Waals surface area (Å²) in [6.45, 7) is 4.27. The molecule has 0 aliphatic carbocycles. The highest BCUT2D eigenvalue weighted by molar-refractivity contribution is 6.30. The van der Waals surface area contributed by atoms with Crippen molar-refractivity contribution in [3.63, 3.8) is 0 Å². The summed E-state index contributed by atoms with van der Waals surface area (Å²) in [5, 5.41) is 0.699. The van der Waals surface area contributed by atoms with Crippen molar-refractivity contribution >= 4 is 23.3 Å². The van der Waals surface area contributed by atoms with Gasteiger partial charge in [-0.3, -0.25) is 9.79 Å². The maximum atomic E-state index is 11.6. The Bertz CT molecular complexity index is 480. The first-order valence-corrected chi connectivity index (χ1v) is 5.95. The topological polar surface area (TPSA) is 38.7 Å². The van der Waals surface area contributed by atoms with Gasteiger partial charge in [-0.15, -0.1) is 0 Å². The third kappa shape index (κ3) is 2.86. The van der Waals surface area contributed by atoms with Gasteiger partial charge in [0.25, 0.3) is 0 Å². The van der Waals surface area contributed by atoms with E-state index in [1.54, 1.807) is 0 Å². The third-order valence-corrected chi connectivity index (χ3v) is 2.73. The van der Waals surface area contributed by atoms with Crippen molar-refractivity contribution in [1.29, 1.82) is 0 Å². The van der Waals surface area contributed by atoms with Crippen molar-refractivity contribution in [1.82, 2.24) is 0 Å². The highest BCUT2D eigenvalue weighted by atomic mass is 35.5. The molecule has 0 bridgehead atoms. The summed E-state index contributed by atoms with van der Waals surface area (Å²) in [5.41, 5.74) is 2.88. The molecule has 0 unspecified atom stereocenters. The van der Waals surface area contributed by atoms with Crippen LogP contribution in [0, 0.1) is 0 Å². The van der Waals surface area contributed by atoms with E-state index in [0.717, 1.165) is 16.8 Å². The summed E-state index contributed by atoms with van der Waals surface area (Å²) < 4.78 is 5.11. The number of hydrogen-bond acceptors (Lipinski definition) is 3. The number of nitrogens with zero attached hydrogens (tertiary/aromatic N) is 1. The normalized spacial score (nSPS) is 13.5. The predicted octanol–water partition coefficient (Wildman–Crippen LogP) is 2.98. The standard InChI is InChI=1S/C13H14ClNO2/c1-8(2)17-13(16)6-12-11-4-3-10(14)5-9(11)7-15-12/h3-5,8H,6-7H2,1-2H3. The molecule has 0 aromatic heterocycles. The number of aliphatic imine (C=N–C) groups is 1. The SMILES string of the molecule is CC(C)OC(=O)CC1=NCc2cc(Cl)ccc21. The van der Waals surface area contributed by atoms with E-state index in [0.29, 0.717) is 11.6 Å². The molecule has 17 heavy (non-hydrogen) atoms. The highest BCUT2D eigenvalue weighted by Gasteiger charge is 2.19. The van der Waals surface area contributed by atoms with Gasteiger partial charge < -0.3 is 4.74 Å². The number of esters is 1. The molecule has 1 aromatic carbocycles. The van der Waals surface area contributed by atoms with Crippen LogP contribution in [0.2, 0.25) is 5.02 Å². The van der Waals surface area contributed by atoms with Gasteiger partial charge in [0, 0.05) is 10.6 Å². The molecule has 1 aliphatic heterocycles. The maximum Gasteiger partial charge on any atom is 0.312 e. The molecule has 1 heterocycles. The Morgan fingerprint density at radius 1 is 1.53 bits per heavy atom. The lowest BCUT2D eigenvalue weighted by molar-refractivity contribution is -0.145. The Labute approximate surface area is 105 Å². The smallest absolute Gasteiger partial charge is 0.312 e. The first kappa shape index (κ1) is 12.1. The molecule has 0 fully saturated rings. The second-order valence-electron chi connectivity index (χ2n) is 4.28. The quantitative estimate of drug-likeness (QED) is 0.775. The van der Waals surface area contributed by atoms with E-state index in [2.05, 4.69) is 4.99 Å². The predicted molar refractivity (Wildman–Crippen MR) is 67.5 cm³/mol. The lowest BCUT2D eigenvalue weighted by Gasteiger charge is -2.08. The van der Waals surface area contributed by atoms with Crippen LogP contribution < -0.4 is 0 Å². The molecule has 0 saturated carbocycles. The minimum absolute atomic E-state index is 0.0887. The zero-order valence-electron chi connectivity index (χ0n) is 9.87. The Kier molecular flexibility index (Phi) is 3.48. The zero-order valence-corrected chi connectivity index (χ0v) is 10.6. The maximum absolute atomic E-state index is 11.6. The number of carbonyl (C=O) groups is 1. The van der Waals surface area contributed by atoms with Crippen molar-refractivity contribution in [2.45, 2.75) is 32.9 Å². The van der Waals surface area contributed by atoms with E-state index in [9.17, 15) is 4.79 Å². The molecule has 0 atom stereocenters. The average Bonchev–Trinajstić information content (AvgIpc) is 2.59. The molecule has 0 amide bonds. The molecule has 3 nitrogen and oxygen atoms in total. The summed E-state index contributed by atoms with van der Waals surface area (Å²) in [4.78, 5) is 15.9. The highest BCUT2D eigenvalue weighted by Crippen LogP contribution is 2.24.